The summed E-state index contributed by atoms with van der Waals surface area (Å²) in [6.07, 6.45) is 5.39. The van der Waals surface area contributed by atoms with Gasteiger partial charge in [-0.05, 0) is 95.0 Å². The van der Waals surface area contributed by atoms with Gasteiger partial charge in [0, 0.05) is 52.5 Å². The van der Waals surface area contributed by atoms with E-state index in [0.29, 0.717) is 23.7 Å². The first-order valence-corrected chi connectivity index (χ1v) is 15.4. The fourth-order valence-electron chi connectivity index (χ4n) is 3.93. The van der Waals surface area contributed by atoms with Gasteiger partial charge >= 0.3 is 0 Å². The minimum Gasteiger partial charge on any atom is -0.261 e. The Morgan fingerprint density at radius 1 is 0.558 bits per heavy atom. The van der Waals surface area contributed by atoms with Gasteiger partial charge in [0.05, 0.1) is 0 Å². The van der Waals surface area contributed by atoms with Crippen LogP contribution in [0.1, 0.15) is 142 Å². The van der Waals surface area contributed by atoms with Crippen LogP contribution in [0.4, 0.5) is 0 Å². The monoisotopic (exact) mass is 585 g/mol. The fourth-order valence-corrected chi connectivity index (χ4v) is 3.93. The van der Waals surface area contributed by atoms with E-state index in [1.807, 2.05) is 60.0 Å². The molecule has 7 heteroatoms. The summed E-state index contributed by atoms with van der Waals surface area (Å²) in [7, 11) is 0. The van der Waals surface area contributed by atoms with E-state index in [0.717, 1.165) is 45.8 Å². The fraction of sp³-hybridized carbons (Fsp3) is 0.528. The Morgan fingerprint density at radius 3 is 1.56 bits per heavy atom. The summed E-state index contributed by atoms with van der Waals surface area (Å²) in [5.74, 6) is 3.83. The first-order chi connectivity index (χ1) is 20.0. The summed E-state index contributed by atoms with van der Waals surface area (Å²) in [6.45, 7) is 31.2. The number of hydrogen-bond donors (Lipinski definition) is 0. The van der Waals surface area contributed by atoms with Crippen LogP contribution in [0.2, 0.25) is 0 Å². The van der Waals surface area contributed by atoms with Gasteiger partial charge < -0.3 is 0 Å². The van der Waals surface area contributed by atoms with Crippen LogP contribution in [0.15, 0.2) is 36.9 Å². The van der Waals surface area contributed by atoms with Gasteiger partial charge in [0.15, 0.2) is 0 Å². The van der Waals surface area contributed by atoms with E-state index in [2.05, 4.69) is 109 Å². The molecule has 0 saturated carbocycles. The zero-order chi connectivity index (χ0) is 32.9. The van der Waals surface area contributed by atoms with Crippen LogP contribution >= 0.6 is 0 Å². The quantitative estimate of drug-likeness (QED) is 0.236. The normalized spacial score (nSPS) is 10.6. The molecule has 0 aliphatic carbocycles. The van der Waals surface area contributed by atoms with Crippen molar-refractivity contribution in [3.63, 3.8) is 0 Å². The molecule has 0 N–H and O–H groups in total. The molecule has 0 spiro atoms. The van der Waals surface area contributed by atoms with Crippen molar-refractivity contribution in [3.8, 4) is 0 Å². The predicted molar refractivity (Wildman–Crippen MR) is 180 cm³/mol. The largest absolute Gasteiger partial charge is 0.261 e. The Hall–Kier alpha value is -3.61. The third kappa shape index (κ3) is 13.5. The van der Waals surface area contributed by atoms with Crippen LogP contribution in [-0.2, 0) is 0 Å². The zero-order valence-corrected chi connectivity index (χ0v) is 29.4. The van der Waals surface area contributed by atoms with E-state index in [9.17, 15) is 0 Å². The minimum absolute atomic E-state index is 0.419. The maximum absolute atomic E-state index is 4.42. The van der Waals surface area contributed by atoms with E-state index in [4.69, 9.17) is 0 Å². The van der Waals surface area contributed by atoms with Crippen molar-refractivity contribution in [1.29, 1.82) is 0 Å². The summed E-state index contributed by atoms with van der Waals surface area (Å²) < 4.78 is 0. The number of pyridine rings is 1. The standard InChI is InChI=1S/C10H16N2.C9H14N2.C9H13N.C8H12N2/c1-6(2)10-11-8(4)7(3)9(5)12-10;1-6(2)9-5-7(3)10-8(4)11-9;1-7(2)9-5-4-8(3)10-6-9;1-6(2)8-7(3)4-9-5-10-8/h6H,1-5H3;5-6H,1-4H3;4-7H,1-3H3;4-6H,1-3H3. The molecule has 0 radical (unpaired) electrons. The second-order valence-corrected chi connectivity index (χ2v) is 12.3. The summed E-state index contributed by atoms with van der Waals surface area (Å²) >= 11 is 0. The summed E-state index contributed by atoms with van der Waals surface area (Å²) in [5.41, 5.74) is 10.3. The number of aromatic nitrogens is 7. The van der Waals surface area contributed by atoms with Crippen molar-refractivity contribution in [1.82, 2.24) is 34.9 Å². The summed E-state index contributed by atoms with van der Waals surface area (Å²) in [4.78, 5) is 29.7. The number of nitrogens with zero attached hydrogens (tertiary/aromatic N) is 7. The molecule has 0 aliphatic rings. The molecule has 0 amide bonds. The molecule has 4 rings (SSSR count). The van der Waals surface area contributed by atoms with Gasteiger partial charge in [-0.2, -0.15) is 0 Å². The number of rotatable bonds is 4. The molecule has 0 aliphatic heterocycles. The van der Waals surface area contributed by atoms with Crippen LogP contribution in [-0.4, -0.2) is 34.9 Å². The van der Waals surface area contributed by atoms with Crippen LogP contribution < -0.4 is 0 Å². The smallest absolute Gasteiger partial charge is 0.131 e. The molecule has 0 atom stereocenters. The average molecular weight is 586 g/mol. The lowest BCUT2D eigenvalue weighted by molar-refractivity contribution is 0.753. The molecule has 0 aromatic carbocycles. The lowest BCUT2D eigenvalue weighted by Gasteiger charge is -2.08. The van der Waals surface area contributed by atoms with Gasteiger partial charge in [0.2, 0.25) is 0 Å². The van der Waals surface area contributed by atoms with Crippen molar-refractivity contribution in [2.24, 2.45) is 0 Å². The summed E-state index contributed by atoms with van der Waals surface area (Å²) in [5, 5.41) is 0. The molecule has 0 bridgehead atoms. The first-order valence-electron chi connectivity index (χ1n) is 15.4. The van der Waals surface area contributed by atoms with Gasteiger partial charge in [0.1, 0.15) is 18.0 Å². The van der Waals surface area contributed by atoms with Crippen LogP contribution in [0.5, 0.6) is 0 Å². The Morgan fingerprint density at radius 2 is 1.16 bits per heavy atom. The molecule has 0 saturated heterocycles. The molecule has 4 aromatic heterocycles. The lowest BCUT2D eigenvalue weighted by Crippen LogP contribution is -2.03. The Balaban J connectivity index is 0.000000287. The van der Waals surface area contributed by atoms with Gasteiger partial charge in [-0.1, -0.05) is 61.5 Å². The molecule has 0 fully saturated rings. The highest BCUT2D eigenvalue weighted by Crippen LogP contribution is 2.15. The average Bonchev–Trinajstić information content (AvgIpc) is 2.92. The van der Waals surface area contributed by atoms with Crippen LogP contribution in [0, 0.1) is 48.5 Å². The van der Waals surface area contributed by atoms with E-state index in [-0.39, 0.29) is 0 Å². The van der Waals surface area contributed by atoms with E-state index in [1.165, 1.54) is 16.7 Å². The molecule has 4 aromatic rings. The topological polar surface area (TPSA) is 90.2 Å². The van der Waals surface area contributed by atoms with E-state index in [1.54, 1.807) is 6.33 Å². The van der Waals surface area contributed by atoms with Gasteiger partial charge in [-0.15, -0.1) is 0 Å². The van der Waals surface area contributed by atoms with Crippen LogP contribution in [0.3, 0.4) is 0 Å². The maximum Gasteiger partial charge on any atom is 0.131 e. The Labute approximate surface area is 261 Å². The van der Waals surface area contributed by atoms with Crippen molar-refractivity contribution in [3.05, 3.63) is 99.4 Å². The van der Waals surface area contributed by atoms with Gasteiger partial charge in [-0.3, -0.25) is 4.98 Å². The van der Waals surface area contributed by atoms with Crippen LogP contribution in [0.25, 0.3) is 0 Å². The van der Waals surface area contributed by atoms with Crippen molar-refractivity contribution in [2.45, 2.75) is 128 Å². The highest BCUT2D eigenvalue weighted by Gasteiger charge is 2.07. The van der Waals surface area contributed by atoms with Gasteiger partial charge in [0.25, 0.3) is 0 Å². The third-order valence-corrected chi connectivity index (χ3v) is 6.83. The van der Waals surface area contributed by atoms with E-state index >= 15 is 0 Å². The van der Waals surface area contributed by atoms with Gasteiger partial charge in [-0.25, -0.2) is 29.9 Å². The Kier molecular flexibility index (Phi) is 15.8. The van der Waals surface area contributed by atoms with Crippen molar-refractivity contribution < 1.29 is 0 Å². The van der Waals surface area contributed by atoms with Crippen molar-refractivity contribution in [2.75, 3.05) is 0 Å². The molecular weight excluding hydrogens is 530 g/mol. The molecule has 0 unspecified atom stereocenters. The third-order valence-electron chi connectivity index (χ3n) is 6.83. The molecule has 234 valence electrons. The lowest BCUT2D eigenvalue weighted by atomic mass is 10.1. The highest BCUT2D eigenvalue weighted by molar-refractivity contribution is 5.23. The molecule has 4 heterocycles. The number of hydrogen-bond acceptors (Lipinski definition) is 7. The SMILES string of the molecule is Cc1cc(C(C)C)nc(C)n1.Cc1ccc(C(C)C)cn1.Cc1cncnc1C(C)C.Cc1nc(C(C)C)nc(C)c1C. The predicted octanol–water partition coefficient (Wildman–Crippen LogP) is 9.16. The second-order valence-electron chi connectivity index (χ2n) is 12.3. The zero-order valence-electron chi connectivity index (χ0n) is 29.4. The van der Waals surface area contributed by atoms with Crippen molar-refractivity contribution >= 4 is 0 Å². The summed E-state index contributed by atoms with van der Waals surface area (Å²) in [6, 6.07) is 6.22. The first kappa shape index (κ1) is 37.4. The second kappa shape index (κ2) is 18.1. The van der Waals surface area contributed by atoms with E-state index < -0.39 is 0 Å². The minimum atomic E-state index is 0.419. The Bertz CT molecular complexity index is 1350. The number of aryl methyl sites for hydroxylation is 6. The molecule has 43 heavy (non-hydrogen) atoms. The molecule has 7 nitrogen and oxygen atoms in total. The maximum atomic E-state index is 4.42. The highest BCUT2D eigenvalue weighted by atomic mass is 14.9. The molecular formula is C36H55N7.